The number of hydrogen-bond donors (Lipinski definition) is 1. The van der Waals surface area contributed by atoms with E-state index in [0.717, 1.165) is 61.5 Å². The molecule has 0 saturated carbocycles. The average Bonchev–Trinajstić information content (AvgIpc) is 2.85. The van der Waals surface area contributed by atoms with Crippen LogP contribution in [0.3, 0.4) is 0 Å². The van der Waals surface area contributed by atoms with Crippen LogP contribution in [0.4, 0.5) is 5.69 Å². The molecule has 1 aliphatic heterocycles. The fourth-order valence-electron chi connectivity index (χ4n) is 3.44. The first-order chi connectivity index (χ1) is 12.1. The van der Waals surface area contributed by atoms with E-state index in [-0.39, 0.29) is 0 Å². The third-order valence-corrected chi connectivity index (χ3v) is 5.04. The first-order valence-corrected chi connectivity index (χ1v) is 8.84. The van der Waals surface area contributed by atoms with E-state index >= 15 is 0 Å². The van der Waals surface area contributed by atoms with Crippen LogP contribution < -0.4 is 4.90 Å². The van der Waals surface area contributed by atoms with Crippen LogP contribution in [-0.4, -0.2) is 36.2 Å². The molecule has 4 heteroatoms. The van der Waals surface area contributed by atoms with Crippen molar-refractivity contribution in [1.29, 1.82) is 5.26 Å². The van der Waals surface area contributed by atoms with E-state index in [1.807, 2.05) is 37.3 Å². The van der Waals surface area contributed by atoms with Gasteiger partial charge in [0, 0.05) is 38.3 Å². The second-order valence-electron chi connectivity index (χ2n) is 6.81. The minimum absolute atomic E-state index is 0.388. The first-order valence-electron chi connectivity index (χ1n) is 8.84. The van der Waals surface area contributed by atoms with Crippen LogP contribution in [-0.2, 0) is 6.54 Å². The lowest BCUT2D eigenvalue weighted by atomic mass is 10.0. The van der Waals surface area contributed by atoms with Crippen LogP contribution >= 0.6 is 0 Å². The lowest BCUT2D eigenvalue weighted by Gasteiger charge is -2.24. The average molecular weight is 335 g/mol. The number of rotatable bonds is 3. The molecule has 3 rings (SSSR count). The first kappa shape index (κ1) is 17.3. The standard InChI is InChI=1S/C21H25N3O/c1-16-12-19(21(25)13-17(16)2)15-23-8-5-9-24(11-10-23)20-7-4-3-6-18(20)14-22/h3-4,6-7,12-13,25H,5,8-11,15H2,1-2H3. The fourth-order valence-corrected chi connectivity index (χ4v) is 3.44. The molecule has 0 spiro atoms. The lowest BCUT2D eigenvalue weighted by molar-refractivity contribution is 0.281. The molecule has 1 aliphatic rings. The van der Waals surface area contributed by atoms with Gasteiger partial charge in [0.05, 0.1) is 11.3 Å². The molecule has 1 heterocycles. The molecule has 0 bridgehead atoms. The Morgan fingerprint density at radius 2 is 1.80 bits per heavy atom. The molecular weight excluding hydrogens is 310 g/mol. The molecule has 130 valence electrons. The lowest BCUT2D eigenvalue weighted by Crippen LogP contribution is -2.30. The maximum atomic E-state index is 10.2. The van der Waals surface area contributed by atoms with Crippen molar-refractivity contribution in [1.82, 2.24) is 4.90 Å². The summed E-state index contributed by atoms with van der Waals surface area (Å²) >= 11 is 0. The van der Waals surface area contributed by atoms with Gasteiger partial charge in [-0.05, 0) is 49.6 Å². The number of aromatic hydroxyl groups is 1. The smallest absolute Gasteiger partial charge is 0.120 e. The van der Waals surface area contributed by atoms with Crippen molar-refractivity contribution in [3.63, 3.8) is 0 Å². The highest BCUT2D eigenvalue weighted by Gasteiger charge is 2.18. The van der Waals surface area contributed by atoms with Gasteiger partial charge in [-0.15, -0.1) is 0 Å². The zero-order chi connectivity index (χ0) is 17.8. The number of phenols is 1. The van der Waals surface area contributed by atoms with Gasteiger partial charge in [-0.1, -0.05) is 18.2 Å². The summed E-state index contributed by atoms with van der Waals surface area (Å²) in [7, 11) is 0. The number of aryl methyl sites for hydroxylation is 2. The largest absolute Gasteiger partial charge is 0.508 e. The Balaban J connectivity index is 1.70. The molecular formula is C21H25N3O. The summed E-state index contributed by atoms with van der Waals surface area (Å²) in [6, 6.07) is 14.1. The molecule has 0 aromatic heterocycles. The molecule has 0 radical (unpaired) electrons. The number of benzene rings is 2. The summed E-state index contributed by atoms with van der Waals surface area (Å²) in [6.45, 7) is 8.64. The number of nitriles is 1. The normalized spacial score (nSPS) is 15.6. The Hall–Kier alpha value is -2.51. The molecule has 1 fully saturated rings. The van der Waals surface area contributed by atoms with Crippen LogP contribution in [0.1, 0.15) is 28.7 Å². The number of para-hydroxylation sites is 1. The highest BCUT2D eigenvalue weighted by Crippen LogP contribution is 2.25. The molecule has 0 atom stereocenters. The second kappa shape index (κ2) is 7.58. The number of anilines is 1. The quantitative estimate of drug-likeness (QED) is 0.931. The topological polar surface area (TPSA) is 50.5 Å². The molecule has 25 heavy (non-hydrogen) atoms. The van der Waals surface area contributed by atoms with Crippen LogP contribution in [0.5, 0.6) is 5.75 Å². The third-order valence-electron chi connectivity index (χ3n) is 5.04. The van der Waals surface area contributed by atoms with E-state index in [1.165, 1.54) is 5.56 Å². The van der Waals surface area contributed by atoms with Gasteiger partial charge in [0.15, 0.2) is 0 Å². The second-order valence-corrected chi connectivity index (χ2v) is 6.81. The van der Waals surface area contributed by atoms with Crippen molar-refractivity contribution in [2.75, 3.05) is 31.1 Å². The van der Waals surface area contributed by atoms with Crippen molar-refractivity contribution in [2.45, 2.75) is 26.8 Å². The van der Waals surface area contributed by atoms with Gasteiger partial charge in [0.25, 0.3) is 0 Å². The van der Waals surface area contributed by atoms with Gasteiger partial charge >= 0.3 is 0 Å². The predicted molar refractivity (Wildman–Crippen MR) is 101 cm³/mol. The Morgan fingerprint density at radius 1 is 1.04 bits per heavy atom. The highest BCUT2D eigenvalue weighted by molar-refractivity contribution is 5.59. The van der Waals surface area contributed by atoms with Crippen molar-refractivity contribution in [3.05, 3.63) is 58.7 Å². The number of phenolic OH excluding ortho intramolecular Hbond substituents is 1. The summed E-state index contributed by atoms with van der Waals surface area (Å²) < 4.78 is 0. The minimum Gasteiger partial charge on any atom is -0.508 e. The van der Waals surface area contributed by atoms with Crippen LogP contribution in [0, 0.1) is 25.2 Å². The van der Waals surface area contributed by atoms with Gasteiger partial charge in [0.2, 0.25) is 0 Å². The summed E-state index contributed by atoms with van der Waals surface area (Å²) in [5.41, 5.74) is 5.10. The predicted octanol–water partition coefficient (Wildman–Crippen LogP) is 3.59. The van der Waals surface area contributed by atoms with E-state index in [4.69, 9.17) is 0 Å². The summed E-state index contributed by atoms with van der Waals surface area (Å²) in [5.74, 6) is 0.388. The molecule has 0 amide bonds. The van der Waals surface area contributed by atoms with Crippen molar-refractivity contribution in [2.24, 2.45) is 0 Å². The Kier molecular flexibility index (Phi) is 5.25. The summed E-state index contributed by atoms with van der Waals surface area (Å²) in [5, 5.41) is 19.6. The van der Waals surface area contributed by atoms with Gasteiger partial charge in [0.1, 0.15) is 11.8 Å². The van der Waals surface area contributed by atoms with E-state index in [9.17, 15) is 10.4 Å². The zero-order valence-electron chi connectivity index (χ0n) is 15.0. The van der Waals surface area contributed by atoms with Gasteiger partial charge in [-0.2, -0.15) is 5.26 Å². The summed E-state index contributed by atoms with van der Waals surface area (Å²) in [6.07, 6.45) is 1.05. The van der Waals surface area contributed by atoms with E-state index in [1.54, 1.807) is 0 Å². The molecule has 4 nitrogen and oxygen atoms in total. The van der Waals surface area contributed by atoms with E-state index < -0.39 is 0 Å². The molecule has 0 aliphatic carbocycles. The van der Waals surface area contributed by atoms with Crippen molar-refractivity contribution >= 4 is 5.69 Å². The van der Waals surface area contributed by atoms with Crippen molar-refractivity contribution < 1.29 is 5.11 Å². The zero-order valence-corrected chi connectivity index (χ0v) is 15.0. The monoisotopic (exact) mass is 335 g/mol. The third kappa shape index (κ3) is 3.94. The molecule has 2 aromatic rings. The molecule has 0 unspecified atom stereocenters. The van der Waals surface area contributed by atoms with Gasteiger partial charge in [-0.3, -0.25) is 4.90 Å². The Bertz CT molecular complexity index is 794. The Morgan fingerprint density at radius 3 is 2.60 bits per heavy atom. The van der Waals surface area contributed by atoms with Crippen LogP contribution in [0.15, 0.2) is 36.4 Å². The van der Waals surface area contributed by atoms with Crippen LogP contribution in [0.2, 0.25) is 0 Å². The van der Waals surface area contributed by atoms with E-state index in [0.29, 0.717) is 5.75 Å². The fraction of sp³-hybridized carbons (Fsp3) is 0.381. The maximum Gasteiger partial charge on any atom is 0.120 e. The Labute approximate surface area is 149 Å². The number of nitrogens with zero attached hydrogens (tertiary/aromatic N) is 3. The van der Waals surface area contributed by atoms with Crippen LogP contribution in [0.25, 0.3) is 0 Å². The molecule has 1 N–H and O–H groups in total. The SMILES string of the molecule is Cc1cc(O)c(CN2CCCN(c3ccccc3C#N)CC2)cc1C. The molecule has 2 aromatic carbocycles. The van der Waals surface area contributed by atoms with E-state index in [2.05, 4.69) is 28.9 Å². The molecule has 1 saturated heterocycles. The summed E-state index contributed by atoms with van der Waals surface area (Å²) in [4.78, 5) is 4.69. The highest BCUT2D eigenvalue weighted by atomic mass is 16.3. The maximum absolute atomic E-state index is 10.2. The van der Waals surface area contributed by atoms with Gasteiger partial charge < -0.3 is 10.0 Å². The van der Waals surface area contributed by atoms with Gasteiger partial charge in [-0.25, -0.2) is 0 Å². The minimum atomic E-state index is 0.388. The van der Waals surface area contributed by atoms with Crippen molar-refractivity contribution in [3.8, 4) is 11.8 Å². The number of hydrogen-bond acceptors (Lipinski definition) is 4.